The van der Waals surface area contributed by atoms with E-state index in [4.69, 9.17) is 0 Å². The lowest BCUT2D eigenvalue weighted by Crippen LogP contribution is -2.56. The molecule has 14 heteroatoms. The Hall–Kier alpha value is -2.12. The Morgan fingerprint density at radius 2 is 1.20 bits per heavy atom. The molecule has 25 heavy (non-hydrogen) atoms. The van der Waals surface area contributed by atoms with Crippen LogP contribution in [0, 0.1) is 29.1 Å². The maximum absolute atomic E-state index is 13.6. The molecule has 1 unspecified atom stereocenters. The first-order valence-corrected chi connectivity index (χ1v) is 5.88. The summed E-state index contributed by atoms with van der Waals surface area (Å²) in [5.41, 5.74) is -9.50. The molecule has 0 aromatic heterocycles. The van der Waals surface area contributed by atoms with Crippen LogP contribution in [-0.2, 0) is 0 Å². The van der Waals surface area contributed by atoms with Gasteiger partial charge in [-0.15, -0.1) is 0 Å². The van der Waals surface area contributed by atoms with Gasteiger partial charge in [0.1, 0.15) is 11.4 Å². The minimum absolute atomic E-state index is 1.31. The number of benzene rings is 1. The predicted octanol–water partition coefficient (Wildman–Crippen LogP) is 3.76. The Morgan fingerprint density at radius 1 is 0.800 bits per heavy atom. The van der Waals surface area contributed by atoms with E-state index in [-0.39, 0.29) is 0 Å². The zero-order valence-electron chi connectivity index (χ0n) is 11.2. The van der Waals surface area contributed by atoms with Crippen LogP contribution in [0.4, 0.5) is 54.0 Å². The number of hydrogen-bond acceptors (Lipinski definition) is 3. The standard InChI is InChI=1S/C11H3F11N2O/c12-3-4(13)6(15)8(7(16)5(3)14)24-9(25,11(20,21)22)1-2(23-24)10(17,18)19/h25H,1H2. The van der Waals surface area contributed by atoms with Crippen LogP contribution >= 0.6 is 0 Å². The summed E-state index contributed by atoms with van der Waals surface area (Å²) < 4.78 is 143. The van der Waals surface area contributed by atoms with Gasteiger partial charge in [0.25, 0.3) is 5.72 Å². The van der Waals surface area contributed by atoms with Crippen molar-refractivity contribution in [2.24, 2.45) is 5.10 Å². The van der Waals surface area contributed by atoms with E-state index in [0.717, 1.165) is 0 Å². The molecule has 0 fully saturated rings. The van der Waals surface area contributed by atoms with Crippen LogP contribution < -0.4 is 5.01 Å². The number of nitrogens with zero attached hydrogens (tertiary/aromatic N) is 2. The fourth-order valence-electron chi connectivity index (χ4n) is 1.94. The number of aliphatic hydroxyl groups is 1. The van der Waals surface area contributed by atoms with E-state index in [1.54, 1.807) is 0 Å². The number of alkyl halides is 6. The molecule has 1 heterocycles. The Balaban J connectivity index is 2.80. The van der Waals surface area contributed by atoms with Gasteiger partial charge >= 0.3 is 12.4 Å². The van der Waals surface area contributed by atoms with Crippen molar-refractivity contribution < 1.29 is 53.4 Å². The van der Waals surface area contributed by atoms with Gasteiger partial charge in [-0.2, -0.15) is 31.4 Å². The van der Waals surface area contributed by atoms with Gasteiger partial charge in [0.05, 0.1) is 6.42 Å². The molecule has 0 amide bonds. The van der Waals surface area contributed by atoms with Crippen molar-refractivity contribution in [3.05, 3.63) is 29.1 Å². The van der Waals surface area contributed by atoms with E-state index >= 15 is 0 Å². The summed E-state index contributed by atoms with van der Waals surface area (Å²) in [5.74, 6) is -14.0. The average molecular weight is 388 g/mol. The first-order chi connectivity index (χ1) is 11.1. The smallest absolute Gasteiger partial charge is 0.362 e. The summed E-state index contributed by atoms with van der Waals surface area (Å²) in [6, 6.07) is 0. The summed E-state index contributed by atoms with van der Waals surface area (Å²) in [4.78, 5) is 0. The molecule has 1 aliphatic rings. The fourth-order valence-corrected chi connectivity index (χ4v) is 1.94. The third kappa shape index (κ3) is 2.77. The van der Waals surface area contributed by atoms with Crippen LogP contribution in [0.3, 0.4) is 0 Å². The number of hydrazone groups is 1. The normalized spacial score (nSPS) is 21.8. The van der Waals surface area contributed by atoms with E-state index in [9.17, 15) is 53.4 Å². The Morgan fingerprint density at radius 3 is 1.56 bits per heavy atom. The average Bonchev–Trinajstić information content (AvgIpc) is 2.82. The molecule has 1 aromatic rings. The lowest BCUT2D eigenvalue weighted by Gasteiger charge is -2.34. The molecule has 1 N–H and O–H groups in total. The van der Waals surface area contributed by atoms with Gasteiger partial charge in [0, 0.05) is 0 Å². The highest BCUT2D eigenvalue weighted by Crippen LogP contribution is 2.47. The van der Waals surface area contributed by atoms with Crippen LogP contribution in [0.2, 0.25) is 0 Å². The van der Waals surface area contributed by atoms with E-state index in [0.29, 0.717) is 0 Å². The first-order valence-electron chi connectivity index (χ1n) is 5.88. The van der Waals surface area contributed by atoms with Gasteiger partial charge in [-0.3, -0.25) is 0 Å². The largest absolute Gasteiger partial charge is 0.438 e. The van der Waals surface area contributed by atoms with Crippen molar-refractivity contribution in [2.75, 3.05) is 5.01 Å². The summed E-state index contributed by atoms with van der Waals surface area (Å²) in [5, 5.41) is 10.4. The second-order valence-electron chi connectivity index (χ2n) is 4.77. The quantitative estimate of drug-likeness (QED) is 0.452. The molecule has 0 saturated heterocycles. The van der Waals surface area contributed by atoms with Gasteiger partial charge in [-0.05, 0) is 0 Å². The van der Waals surface area contributed by atoms with Gasteiger partial charge < -0.3 is 5.11 Å². The Kier molecular flexibility index (Phi) is 4.18. The minimum atomic E-state index is -6.00. The SMILES string of the molecule is OC1(C(F)(F)F)CC(C(F)(F)F)=NN1c1c(F)c(F)c(F)c(F)c1F. The molecule has 0 aliphatic carbocycles. The van der Waals surface area contributed by atoms with E-state index < -0.39 is 70.0 Å². The second kappa shape index (κ2) is 5.44. The molecule has 1 atom stereocenters. The molecular formula is C11H3F11N2O. The summed E-state index contributed by atoms with van der Waals surface area (Å²) in [6.45, 7) is 0. The molecule has 3 nitrogen and oxygen atoms in total. The fraction of sp³-hybridized carbons (Fsp3) is 0.364. The van der Waals surface area contributed by atoms with Crippen molar-refractivity contribution in [2.45, 2.75) is 24.5 Å². The summed E-state index contributed by atoms with van der Waals surface area (Å²) >= 11 is 0. The zero-order valence-corrected chi connectivity index (χ0v) is 11.2. The highest BCUT2D eigenvalue weighted by molar-refractivity contribution is 5.94. The number of halogens is 11. The van der Waals surface area contributed by atoms with E-state index in [1.165, 1.54) is 0 Å². The number of anilines is 1. The summed E-state index contributed by atoms with van der Waals surface area (Å²) in [6.07, 6.45) is -13.9. The van der Waals surface area contributed by atoms with Crippen LogP contribution in [-0.4, -0.2) is 28.9 Å². The minimum Gasteiger partial charge on any atom is -0.362 e. The van der Waals surface area contributed by atoms with Gasteiger partial charge in [-0.25, -0.2) is 27.0 Å². The highest BCUT2D eigenvalue weighted by atomic mass is 19.4. The van der Waals surface area contributed by atoms with Gasteiger partial charge in [0.15, 0.2) is 23.3 Å². The topological polar surface area (TPSA) is 35.8 Å². The molecule has 0 radical (unpaired) electrons. The van der Waals surface area contributed by atoms with Gasteiger partial charge in [0.2, 0.25) is 5.82 Å². The maximum atomic E-state index is 13.6. The van der Waals surface area contributed by atoms with Crippen molar-refractivity contribution in [1.29, 1.82) is 0 Å². The van der Waals surface area contributed by atoms with Crippen LogP contribution in [0.5, 0.6) is 0 Å². The maximum Gasteiger partial charge on any atom is 0.438 e. The van der Waals surface area contributed by atoms with Crippen LogP contribution in [0.25, 0.3) is 0 Å². The Labute approximate surface area is 129 Å². The third-order valence-corrected chi connectivity index (χ3v) is 3.16. The van der Waals surface area contributed by atoms with Gasteiger partial charge in [-0.1, -0.05) is 0 Å². The molecule has 0 spiro atoms. The monoisotopic (exact) mass is 388 g/mol. The number of hydrogen-bond donors (Lipinski definition) is 1. The molecule has 0 bridgehead atoms. The number of rotatable bonds is 1. The molecular weight excluding hydrogens is 385 g/mol. The molecule has 2 rings (SSSR count). The third-order valence-electron chi connectivity index (χ3n) is 3.16. The van der Waals surface area contributed by atoms with E-state index in [1.807, 2.05) is 0 Å². The van der Waals surface area contributed by atoms with Crippen LogP contribution in [0.1, 0.15) is 6.42 Å². The second-order valence-corrected chi connectivity index (χ2v) is 4.77. The molecule has 0 saturated carbocycles. The van der Waals surface area contributed by atoms with E-state index in [2.05, 4.69) is 5.10 Å². The Bertz CT molecular complexity index is 725. The molecule has 1 aliphatic heterocycles. The lowest BCUT2D eigenvalue weighted by atomic mass is 10.1. The van der Waals surface area contributed by atoms with Crippen LogP contribution in [0.15, 0.2) is 5.10 Å². The lowest BCUT2D eigenvalue weighted by molar-refractivity contribution is -0.255. The van der Waals surface area contributed by atoms with Crippen molar-refractivity contribution in [1.82, 2.24) is 0 Å². The highest BCUT2D eigenvalue weighted by Gasteiger charge is 2.65. The molecule has 1 aromatic carbocycles. The van der Waals surface area contributed by atoms with Crippen molar-refractivity contribution >= 4 is 11.4 Å². The molecule has 140 valence electrons. The zero-order chi connectivity index (χ0) is 19.5. The predicted molar refractivity (Wildman–Crippen MR) is 57.8 cm³/mol. The first kappa shape index (κ1) is 19.2. The van der Waals surface area contributed by atoms with Crippen molar-refractivity contribution in [3.8, 4) is 0 Å². The summed E-state index contributed by atoms with van der Waals surface area (Å²) in [7, 11) is 0. The van der Waals surface area contributed by atoms with Crippen molar-refractivity contribution in [3.63, 3.8) is 0 Å².